The number of rotatable bonds is 3. The highest BCUT2D eigenvalue weighted by Gasteiger charge is 2.11. The van der Waals surface area contributed by atoms with E-state index < -0.39 is 0 Å². The lowest BCUT2D eigenvalue weighted by Gasteiger charge is -2.11. The molecule has 1 aromatic rings. The van der Waals surface area contributed by atoms with Gasteiger partial charge in [0.25, 0.3) is 0 Å². The van der Waals surface area contributed by atoms with Crippen LogP contribution in [0.3, 0.4) is 0 Å². The lowest BCUT2D eigenvalue weighted by molar-refractivity contribution is 0.595. The van der Waals surface area contributed by atoms with Gasteiger partial charge in [-0.05, 0) is 72.5 Å². The van der Waals surface area contributed by atoms with Crippen LogP contribution in [-0.4, -0.2) is 13.6 Å². The number of benzene rings is 1. The normalized spacial score (nSPS) is 10.6. The molecule has 0 radical (unpaired) electrons. The minimum Gasteiger partial charge on any atom is -0.319 e. The van der Waals surface area contributed by atoms with Gasteiger partial charge in [-0.1, -0.05) is 0 Å². The van der Waals surface area contributed by atoms with Crippen LogP contribution in [0.2, 0.25) is 0 Å². The van der Waals surface area contributed by atoms with Crippen LogP contribution in [0.5, 0.6) is 0 Å². The van der Waals surface area contributed by atoms with E-state index in [1.807, 2.05) is 27.0 Å². The molecule has 1 aromatic carbocycles. The summed E-state index contributed by atoms with van der Waals surface area (Å²) >= 11 is 3.23. The molecule has 0 spiro atoms. The molecule has 1 rings (SSSR count). The SMILES string of the molecule is CNCCc1c(C)c(C)cc(Br)c1F. The van der Waals surface area contributed by atoms with Gasteiger partial charge in [0.05, 0.1) is 4.47 Å². The molecule has 1 N–H and O–H groups in total. The van der Waals surface area contributed by atoms with Crippen molar-refractivity contribution in [2.45, 2.75) is 20.3 Å². The minimum atomic E-state index is -0.122. The number of hydrogen-bond donors (Lipinski definition) is 1. The average Bonchev–Trinajstić information content (AvgIpc) is 2.15. The van der Waals surface area contributed by atoms with Gasteiger partial charge in [-0.3, -0.25) is 0 Å². The molecule has 0 bridgehead atoms. The van der Waals surface area contributed by atoms with Crippen molar-refractivity contribution < 1.29 is 4.39 Å². The summed E-state index contributed by atoms with van der Waals surface area (Å²) in [5.74, 6) is -0.122. The molecule has 0 aromatic heterocycles. The van der Waals surface area contributed by atoms with E-state index in [4.69, 9.17) is 0 Å². The quantitative estimate of drug-likeness (QED) is 0.881. The summed E-state index contributed by atoms with van der Waals surface area (Å²) in [6, 6.07) is 1.83. The van der Waals surface area contributed by atoms with E-state index in [1.54, 1.807) is 0 Å². The molecule has 0 saturated carbocycles. The predicted molar refractivity (Wildman–Crippen MR) is 61.2 cm³/mol. The molecule has 0 aliphatic carbocycles. The zero-order valence-electron chi connectivity index (χ0n) is 8.75. The van der Waals surface area contributed by atoms with Crippen molar-refractivity contribution in [2.75, 3.05) is 13.6 Å². The lowest BCUT2D eigenvalue weighted by Crippen LogP contribution is -2.12. The fraction of sp³-hybridized carbons (Fsp3) is 0.455. The summed E-state index contributed by atoms with van der Waals surface area (Å²) in [6.07, 6.45) is 0.731. The van der Waals surface area contributed by atoms with Crippen LogP contribution in [0.25, 0.3) is 0 Å². The van der Waals surface area contributed by atoms with E-state index in [-0.39, 0.29) is 5.82 Å². The van der Waals surface area contributed by atoms with Crippen LogP contribution in [0.4, 0.5) is 4.39 Å². The Bertz CT molecular complexity index is 310. The summed E-state index contributed by atoms with van der Waals surface area (Å²) in [5, 5.41) is 3.03. The molecule has 14 heavy (non-hydrogen) atoms. The van der Waals surface area contributed by atoms with Crippen molar-refractivity contribution >= 4 is 15.9 Å². The second-order valence-corrected chi connectivity index (χ2v) is 4.30. The first-order valence-electron chi connectivity index (χ1n) is 4.66. The third-order valence-electron chi connectivity index (χ3n) is 2.49. The maximum Gasteiger partial charge on any atom is 0.140 e. The highest BCUT2D eigenvalue weighted by molar-refractivity contribution is 9.10. The third-order valence-corrected chi connectivity index (χ3v) is 3.06. The van der Waals surface area contributed by atoms with E-state index in [0.29, 0.717) is 4.47 Å². The summed E-state index contributed by atoms with van der Waals surface area (Å²) < 4.78 is 14.3. The predicted octanol–water partition coefficient (Wildman–Crippen LogP) is 2.97. The Labute approximate surface area is 92.8 Å². The largest absolute Gasteiger partial charge is 0.319 e. The highest BCUT2D eigenvalue weighted by atomic mass is 79.9. The van der Waals surface area contributed by atoms with Gasteiger partial charge in [0.15, 0.2) is 0 Å². The van der Waals surface area contributed by atoms with Crippen molar-refractivity contribution in [1.29, 1.82) is 0 Å². The molecule has 0 aliphatic rings. The van der Waals surface area contributed by atoms with Gasteiger partial charge < -0.3 is 5.32 Å². The molecule has 0 heterocycles. The van der Waals surface area contributed by atoms with E-state index in [1.165, 1.54) is 0 Å². The highest BCUT2D eigenvalue weighted by Crippen LogP contribution is 2.25. The second kappa shape index (κ2) is 4.89. The molecular formula is C11H15BrFN. The van der Waals surface area contributed by atoms with Gasteiger partial charge in [0, 0.05) is 0 Å². The number of likely N-dealkylation sites (N-methyl/N-ethyl adjacent to an activating group) is 1. The van der Waals surface area contributed by atoms with Crippen LogP contribution < -0.4 is 5.32 Å². The average molecular weight is 260 g/mol. The fourth-order valence-electron chi connectivity index (χ4n) is 1.46. The lowest BCUT2D eigenvalue weighted by atomic mass is 10.0. The Hall–Kier alpha value is -0.410. The standard InChI is InChI=1S/C11H15BrFN/c1-7-6-10(12)11(13)9(8(7)2)4-5-14-3/h6,14H,4-5H2,1-3H3. The number of hydrogen-bond acceptors (Lipinski definition) is 1. The third kappa shape index (κ3) is 2.34. The number of aryl methyl sites for hydroxylation is 1. The van der Waals surface area contributed by atoms with Gasteiger partial charge in [-0.25, -0.2) is 4.39 Å². The maximum absolute atomic E-state index is 13.7. The van der Waals surface area contributed by atoms with Gasteiger partial charge in [0.2, 0.25) is 0 Å². The number of nitrogens with one attached hydrogen (secondary N) is 1. The first-order valence-corrected chi connectivity index (χ1v) is 5.46. The van der Waals surface area contributed by atoms with E-state index >= 15 is 0 Å². The van der Waals surface area contributed by atoms with Crippen LogP contribution in [0, 0.1) is 19.7 Å². The van der Waals surface area contributed by atoms with Gasteiger partial charge in [-0.15, -0.1) is 0 Å². The zero-order chi connectivity index (χ0) is 10.7. The summed E-state index contributed by atoms with van der Waals surface area (Å²) in [6.45, 7) is 4.77. The summed E-state index contributed by atoms with van der Waals surface area (Å²) in [7, 11) is 1.87. The summed E-state index contributed by atoms with van der Waals surface area (Å²) in [5.41, 5.74) is 3.00. The molecule has 78 valence electrons. The Morgan fingerprint density at radius 3 is 2.64 bits per heavy atom. The molecule has 0 fully saturated rings. The molecule has 0 aliphatic heterocycles. The van der Waals surface area contributed by atoms with Crippen LogP contribution in [0.1, 0.15) is 16.7 Å². The van der Waals surface area contributed by atoms with Crippen molar-refractivity contribution in [3.05, 3.63) is 33.0 Å². The topological polar surface area (TPSA) is 12.0 Å². The smallest absolute Gasteiger partial charge is 0.140 e. The van der Waals surface area contributed by atoms with Crippen LogP contribution in [0.15, 0.2) is 10.5 Å². The van der Waals surface area contributed by atoms with Crippen LogP contribution >= 0.6 is 15.9 Å². The van der Waals surface area contributed by atoms with Crippen molar-refractivity contribution in [2.24, 2.45) is 0 Å². The molecule has 1 nitrogen and oxygen atoms in total. The monoisotopic (exact) mass is 259 g/mol. The van der Waals surface area contributed by atoms with Crippen molar-refractivity contribution in [3.63, 3.8) is 0 Å². The first kappa shape index (κ1) is 11.7. The Balaban J connectivity index is 3.11. The van der Waals surface area contributed by atoms with E-state index in [2.05, 4.69) is 21.2 Å². The fourth-order valence-corrected chi connectivity index (χ4v) is 2.04. The maximum atomic E-state index is 13.7. The van der Waals surface area contributed by atoms with Gasteiger partial charge in [-0.2, -0.15) is 0 Å². The van der Waals surface area contributed by atoms with E-state index in [9.17, 15) is 4.39 Å². The Morgan fingerprint density at radius 2 is 2.07 bits per heavy atom. The Kier molecular flexibility index (Phi) is 4.08. The Morgan fingerprint density at radius 1 is 1.43 bits per heavy atom. The zero-order valence-corrected chi connectivity index (χ0v) is 10.3. The minimum absolute atomic E-state index is 0.122. The number of halogens is 2. The molecule has 3 heteroatoms. The van der Waals surface area contributed by atoms with E-state index in [0.717, 1.165) is 29.7 Å². The van der Waals surface area contributed by atoms with Gasteiger partial charge >= 0.3 is 0 Å². The molecule has 0 saturated heterocycles. The molecule has 0 atom stereocenters. The van der Waals surface area contributed by atoms with Crippen molar-refractivity contribution in [3.8, 4) is 0 Å². The molecule has 0 unspecified atom stereocenters. The molecule has 0 amide bonds. The van der Waals surface area contributed by atoms with Gasteiger partial charge in [0.1, 0.15) is 5.82 Å². The second-order valence-electron chi connectivity index (χ2n) is 3.45. The summed E-state index contributed by atoms with van der Waals surface area (Å²) in [4.78, 5) is 0. The molecular weight excluding hydrogens is 245 g/mol. The van der Waals surface area contributed by atoms with Crippen molar-refractivity contribution in [1.82, 2.24) is 5.32 Å². The van der Waals surface area contributed by atoms with Crippen LogP contribution in [-0.2, 0) is 6.42 Å². The first-order chi connectivity index (χ1) is 6.57.